The molecule has 0 radical (unpaired) electrons. The zero-order valence-corrected chi connectivity index (χ0v) is 15.7. The van der Waals surface area contributed by atoms with E-state index in [9.17, 15) is 14.7 Å². The van der Waals surface area contributed by atoms with Crippen molar-refractivity contribution in [2.45, 2.75) is 39.2 Å². The molecule has 0 amide bonds. The Morgan fingerprint density at radius 2 is 1.57 bits per heavy atom. The van der Waals surface area contributed by atoms with Crippen molar-refractivity contribution >= 4 is 68.1 Å². The number of carbonyl (C=O) groups excluding carboxylic acids is 1. The predicted octanol–water partition coefficient (Wildman–Crippen LogP) is 3.35. The first-order chi connectivity index (χ1) is 12.8. The van der Waals surface area contributed by atoms with E-state index in [0.717, 1.165) is 5.56 Å². The Balaban J connectivity index is 0.000000717. The molecule has 0 aliphatic rings. The second-order valence-electron chi connectivity index (χ2n) is 6.61. The molecule has 28 heavy (non-hydrogen) atoms. The van der Waals surface area contributed by atoms with Crippen LogP contribution in [0.4, 0.5) is 0 Å². The zero-order chi connectivity index (χ0) is 20.0. The molecule has 0 spiro atoms. The number of aromatic hydroxyl groups is 1. The predicted molar refractivity (Wildman–Crippen MR) is 112 cm³/mol. The van der Waals surface area contributed by atoms with Crippen LogP contribution in [-0.4, -0.2) is 73.5 Å². The Bertz CT molecular complexity index is 961. The molecule has 0 saturated heterocycles. The molecular formula is C22H25KO5. The van der Waals surface area contributed by atoms with Crippen molar-refractivity contribution in [3.8, 4) is 5.75 Å². The van der Waals surface area contributed by atoms with E-state index in [1.807, 2.05) is 30.3 Å². The first-order valence-corrected chi connectivity index (χ1v) is 8.78. The molecule has 0 fully saturated rings. The number of aliphatic hydroxyl groups is 1. The molecule has 2 N–H and O–H groups in total. The van der Waals surface area contributed by atoms with Gasteiger partial charge in [0.1, 0.15) is 17.1 Å². The second kappa shape index (κ2) is 11.7. The van der Waals surface area contributed by atoms with Crippen molar-refractivity contribution in [1.82, 2.24) is 0 Å². The topological polar surface area (TPSA) is 87.7 Å². The van der Waals surface area contributed by atoms with Crippen LogP contribution >= 0.6 is 0 Å². The van der Waals surface area contributed by atoms with Crippen LogP contribution in [0.1, 0.15) is 44.2 Å². The summed E-state index contributed by atoms with van der Waals surface area (Å²) >= 11 is 0. The van der Waals surface area contributed by atoms with E-state index in [-0.39, 0.29) is 81.0 Å². The van der Waals surface area contributed by atoms with Crippen LogP contribution in [0, 0.1) is 0 Å². The number of aliphatic hydroxyl groups excluding tert-OH is 1. The number of hydrogen-bond acceptors (Lipinski definition) is 5. The Kier molecular flexibility index (Phi) is 10.3. The van der Waals surface area contributed by atoms with Crippen LogP contribution in [0.15, 0.2) is 63.8 Å². The van der Waals surface area contributed by atoms with Gasteiger partial charge in [0.05, 0.1) is 10.9 Å². The maximum atomic E-state index is 12.4. The van der Waals surface area contributed by atoms with E-state index < -0.39 is 11.5 Å². The average molecular weight is 409 g/mol. The first-order valence-electron chi connectivity index (χ1n) is 8.78. The molecular weight excluding hydrogens is 383 g/mol. The summed E-state index contributed by atoms with van der Waals surface area (Å²) in [5, 5.41) is 19.1. The van der Waals surface area contributed by atoms with Gasteiger partial charge in [0.2, 0.25) is 0 Å². The third-order valence-electron chi connectivity index (χ3n) is 3.86. The summed E-state index contributed by atoms with van der Waals surface area (Å²) in [5.74, 6) is -0.715. The van der Waals surface area contributed by atoms with Gasteiger partial charge in [-0.1, -0.05) is 42.5 Å². The van der Waals surface area contributed by atoms with Gasteiger partial charge in [-0.15, -0.1) is 0 Å². The van der Waals surface area contributed by atoms with E-state index in [1.54, 1.807) is 38.1 Å². The fraction of sp³-hybridized carbons (Fsp3) is 0.273. The number of benzene rings is 2. The Hall–Kier alpha value is -1.28. The maximum absolute atomic E-state index is 12.4. The molecule has 0 saturated carbocycles. The molecule has 5 nitrogen and oxygen atoms in total. The standard InChI is InChI=1S/C19H16O4.C3H8O.K.H/c1-12(20)11-15(13-7-3-2-4-8-13)17-18(21)14-9-5-6-10-16(14)23-19(17)22;1-3(2)4;;/h2-10,15,21H,11H2,1H3;3-4H,1-2H3;;. The third kappa shape index (κ3) is 6.65. The third-order valence-corrected chi connectivity index (χ3v) is 3.86. The molecule has 1 heterocycles. The van der Waals surface area contributed by atoms with Gasteiger partial charge in [0, 0.05) is 18.4 Å². The van der Waals surface area contributed by atoms with Crippen LogP contribution in [0.25, 0.3) is 11.0 Å². The van der Waals surface area contributed by atoms with Crippen LogP contribution in [-0.2, 0) is 4.79 Å². The summed E-state index contributed by atoms with van der Waals surface area (Å²) in [6, 6.07) is 16.0. The quantitative estimate of drug-likeness (QED) is 0.511. The summed E-state index contributed by atoms with van der Waals surface area (Å²) in [5.41, 5.74) is 0.635. The average Bonchev–Trinajstić information content (AvgIpc) is 2.61. The molecule has 1 unspecified atom stereocenters. The summed E-state index contributed by atoms with van der Waals surface area (Å²) in [6.07, 6.45) is -0.0410. The first kappa shape index (κ1) is 24.8. The molecule has 144 valence electrons. The van der Waals surface area contributed by atoms with Gasteiger partial charge in [-0.25, -0.2) is 4.79 Å². The normalized spacial score (nSPS) is 11.3. The van der Waals surface area contributed by atoms with Crippen LogP contribution in [0.2, 0.25) is 0 Å². The van der Waals surface area contributed by atoms with Gasteiger partial charge < -0.3 is 14.6 Å². The van der Waals surface area contributed by atoms with E-state index >= 15 is 0 Å². The SMILES string of the molecule is CC(=O)CC(c1ccccc1)c1c(O)c2ccccc2oc1=O.CC(C)O.[KH]. The molecule has 2 aromatic carbocycles. The molecule has 3 rings (SSSR count). The van der Waals surface area contributed by atoms with Gasteiger partial charge in [0.25, 0.3) is 0 Å². The Labute approximate surface area is 206 Å². The number of fused-ring (bicyclic) bond motifs is 1. The summed E-state index contributed by atoms with van der Waals surface area (Å²) in [7, 11) is 0. The van der Waals surface area contributed by atoms with Crippen molar-refractivity contribution in [2.24, 2.45) is 0 Å². The van der Waals surface area contributed by atoms with Crippen molar-refractivity contribution in [1.29, 1.82) is 0 Å². The van der Waals surface area contributed by atoms with E-state index in [4.69, 9.17) is 9.52 Å². The molecule has 0 aliphatic carbocycles. The number of ketones is 1. The monoisotopic (exact) mass is 408 g/mol. The molecule has 0 aliphatic heterocycles. The molecule has 3 aromatic rings. The van der Waals surface area contributed by atoms with Gasteiger partial charge in [-0.2, -0.15) is 0 Å². The number of carbonyl (C=O) groups is 1. The molecule has 1 aromatic heterocycles. The summed E-state index contributed by atoms with van der Waals surface area (Å²) in [6.45, 7) is 4.91. The Morgan fingerprint density at radius 1 is 1.04 bits per heavy atom. The second-order valence-corrected chi connectivity index (χ2v) is 6.61. The number of para-hydroxylation sites is 1. The van der Waals surface area contributed by atoms with Crippen molar-refractivity contribution in [2.75, 3.05) is 0 Å². The molecule has 0 bridgehead atoms. The Morgan fingerprint density at radius 3 is 2.14 bits per heavy atom. The number of hydrogen-bond donors (Lipinski definition) is 2. The van der Waals surface area contributed by atoms with Gasteiger partial charge in [0.15, 0.2) is 0 Å². The van der Waals surface area contributed by atoms with Crippen molar-refractivity contribution in [3.05, 3.63) is 76.1 Å². The van der Waals surface area contributed by atoms with Gasteiger partial charge >= 0.3 is 57.0 Å². The van der Waals surface area contributed by atoms with Crippen molar-refractivity contribution in [3.63, 3.8) is 0 Å². The molecule has 1 atom stereocenters. The van der Waals surface area contributed by atoms with Crippen molar-refractivity contribution < 1.29 is 19.4 Å². The van der Waals surface area contributed by atoms with Gasteiger partial charge in [-0.3, -0.25) is 4.79 Å². The van der Waals surface area contributed by atoms with E-state index in [2.05, 4.69) is 0 Å². The zero-order valence-electron chi connectivity index (χ0n) is 15.7. The number of Topliss-reactive ketones (excluding diaryl/α,β-unsaturated/α-hetero) is 1. The fourth-order valence-electron chi connectivity index (χ4n) is 2.81. The summed E-state index contributed by atoms with van der Waals surface area (Å²) < 4.78 is 5.33. The van der Waals surface area contributed by atoms with Crippen LogP contribution in [0.5, 0.6) is 5.75 Å². The van der Waals surface area contributed by atoms with E-state index in [1.165, 1.54) is 6.92 Å². The molecule has 6 heteroatoms. The minimum absolute atomic E-state index is 0. The number of rotatable bonds is 4. The van der Waals surface area contributed by atoms with Crippen LogP contribution in [0.3, 0.4) is 0 Å². The van der Waals surface area contributed by atoms with Crippen LogP contribution < -0.4 is 5.63 Å². The van der Waals surface area contributed by atoms with E-state index in [0.29, 0.717) is 11.0 Å². The summed E-state index contributed by atoms with van der Waals surface area (Å²) in [4.78, 5) is 24.1. The minimum atomic E-state index is -0.615. The van der Waals surface area contributed by atoms with Gasteiger partial charge in [-0.05, 0) is 38.5 Å². The fourth-order valence-corrected chi connectivity index (χ4v) is 2.81.